The Balaban J connectivity index is 2.02. The highest BCUT2D eigenvalue weighted by molar-refractivity contribution is 5.75. The molecule has 0 bridgehead atoms. The molecule has 0 spiro atoms. The molecule has 0 radical (unpaired) electrons. The number of H-pyrrole nitrogens is 1. The maximum Gasteiger partial charge on any atom is 0.328 e. The maximum atomic E-state index is 11.6. The molecule has 9 nitrogen and oxygen atoms in total. The van der Waals surface area contributed by atoms with Crippen molar-refractivity contribution in [2.24, 2.45) is 0 Å². The van der Waals surface area contributed by atoms with Crippen molar-refractivity contribution in [2.75, 3.05) is 53.6 Å². The van der Waals surface area contributed by atoms with Crippen LogP contribution in [0, 0.1) is 0 Å². The lowest BCUT2D eigenvalue weighted by Gasteiger charge is -2.10. The van der Waals surface area contributed by atoms with E-state index in [0.717, 1.165) is 6.54 Å². The van der Waals surface area contributed by atoms with Crippen molar-refractivity contribution in [2.45, 2.75) is 13.0 Å². The van der Waals surface area contributed by atoms with Gasteiger partial charge in [0.2, 0.25) is 5.91 Å². The number of aromatic amines is 1. The van der Waals surface area contributed by atoms with E-state index in [1.54, 1.807) is 0 Å². The van der Waals surface area contributed by atoms with Crippen LogP contribution in [0.5, 0.6) is 0 Å². The van der Waals surface area contributed by atoms with Gasteiger partial charge in [0, 0.05) is 38.3 Å². The number of aryl methyl sites for hydroxylation is 1. The van der Waals surface area contributed by atoms with Gasteiger partial charge in [0.05, 0.1) is 26.4 Å². The number of ether oxygens (including phenoxy) is 2. The van der Waals surface area contributed by atoms with E-state index in [1.807, 2.05) is 19.0 Å². The van der Waals surface area contributed by atoms with Gasteiger partial charge in [0.15, 0.2) is 0 Å². The molecule has 0 saturated heterocycles. The summed E-state index contributed by atoms with van der Waals surface area (Å²) in [5.74, 6) is -0.182. The van der Waals surface area contributed by atoms with Crippen molar-refractivity contribution in [3.63, 3.8) is 0 Å². The van der Waals surface area contributed by atoms with Gasteiger partial charge in [-0.15, -0.1) is 0 Å². The fraction of sp³-hybridized carbons (Fsp3) is 0.667. The van der Waals surface area contributed by atoms with Crippen LogP contribution in [-0.4, -0.2) is 74.0 Å². The molecular formula is C15H26N4O5. The van der Waals surface area contributed by atoms with Crippen LogP contribution >= 0.6 is 0 Å². The largest absolute Gasteiger partial charge is 0.378 e. The van der Waals surface area contributed by atoms with Crippen molar-refractivity contribution in [1.82, 2.24) is 19.8 Å². The third-order valence-corrected chi connectivity index (χ3v) is 3.10. The van der Waals surface area contributed by atoms with E-state index in [1.165, 1.54) is 16.8 Å². The Morgan fingerprint density at radius 3 is 2.58 bits per heavy atom. The van der Waals surface area contributed by atoms with Gasteiger partial charge in [0.1, 0.15) is 0 Å². The van der Waals surface area contributed by atoms with E-state index in [-0.39, 0.29) is 18.9 Å². The van der Waals surface area contributed by atoms with E-state index in [2.05, 4.69) is 10.3 Å². The molecule has 136 valence electrons. The van der Waals surface area contributed by atoms with E-state index in [4.69, 9.17) is 9.47 Å². The Hall–Kier alpha value is -1.97. The number of hydrogen-bond donors (Lipinski definition) is 2. The molecule has 0 aliphatic heterocycles. The fourth-order valence-electron chi connectivity index (χ4n) is 1.76. The van der Waals surface area contributed by atoms with Crippen molar-refractivity contribution in [3.05, 3.63) is 33.1 Å². The van der Waals surface area contributed by atoms with Crippen LogP contribution in [0.2, 0.25) is 0 Å². The monoisotopic (exact) mass is 342 g/mol. The molecule has 1 aromatic rings. The smallest absolute Gasteiger partial charge is 0.328 e. The highest BCUT2D eigenvalue weighted by Crippen LogP contribution is 1.86. The summed E-state index contributed by atoms with van der Waals surface area (Å²) in [6, 6.07) is 1.24. The molecular weight excluding hydrogens is 316 g/mol. The topological polar surface area (TPSA) is 106 Å². The minimum atomic E-state index is -0.520. The molecule has 0 unspecified atom stereocenters. The van der Waals surface area contributed by atoms with Gasteiger partial charge < -0.3 is 24.3 Å². The number of nitrogens with zero attached hydrogens (tertiary/aromatic N) is 2. The van der Waals surface area contributed by atoms with Gasteiger partial charge in [-0.2, -0.15) is 0 Å². The first kappa shape index (κ1) is 20.1. The zero-order valence-electron chi connectivity index (χ0n) is 14.2. The Kier molecular flexibility index (Phi) is 9.66. The molecule has 0 atom stereocenters. The molecule has 0 saturated carbocycles. The number of rotatable bonds is 12. The van der Waals surface area contributed by atoms with Crippen molar-refractivity contribution in [3.8, 4) is 0 Å². The Morgan fingerprint density at radius 2 is 1.92 bits per heavy atom. The predicted octanol–water partition coefficient (Wildman–Crippen LogP) is -1.36. The van der Waals surface area contributed by atoms with Crippen LogP contribution in [0.1, 0.15) is 6.42 Å². The number of likely N-dealkylation sites (N-methyl/N-ethyl adjacent to an activating group) is 1. The van der Waals surface area contributed by atoms with Crippen LogP contribution in [0.4, 0.5) is 0 Å². The number of carbonyl (C=O) groups excluding carboxylic acids is 1. The normalized spacial score (nSPS) is 11.0. The number of nitrogens with one attached hydrogen (secondary N) is 2. The molecule has 1 amide bonds. The SMILES string of the molecule is CN(C)CCOCCOCCNC(=O)CCn1ccc(=O)[nH]c1=O. The van der Waals surface area contributed by atoms with Gasteiger partial charge in [-0.05, 0) is 14.1 Å². The average Bonchev–Trinajstić information content (AvgIpc) is 2.52. The first-order valence-electron chi connectivity index (χ1n) is 7.85. The quantitative estimate of drug-likeness (QED) is 0.455. The van der Waals surface area contributed by atoms with Gasteiger partial charge in [0.25, 0.3) is 5.56 Å². The average molecular weight is 342 g/mol. The number of hydrogen-bond acceptors (Lipinski definition) is 6. The lowest BCUT2D eigenvalue weighted by Crippen LogP contribution is -2.32. The Morgan fingerprint density at radius 1 is 1.21 bits per heavy atom. The molecule has 9 heteroatoms. The standard InChI is InChI=1S/C15H26N4O5/c1-18(2)8-10-24-12-11-23-9-5-16-13(20)3-6-19-7-4-14(21)17-15(19)22/h4,7H,3,5-6,8-12H2,1-2H3,(H,16,20)(H,17,21,22). The second-order valence-corrected chi connectivity index (χ2v) is 5.43. The molecule has 0 fully saturated rings. The zero-order valence-corrected chi connectivity index (χ0v) is 14.2. The fourth-order valence-corrected chi connectivity index (χ4v) is 1.76. The van der Waals surface area contributed by atoms with Gasteiger partial charge in [-0.1, -0.05) is 0 Å². The van der Waals surface area contributed by atoms with Gasteiger partial charge in [-0.25, -0.2) is 4.79 Å². The van der Waals surface area contributed by atoms with E-state index >= 15 is 0 Å². The summed E-state index contributed by atoms with van der Waals surface area (Å²) in [5, 5.41) is 2.70. The first-order chi connectivity index (χ1) is 11.5. The minimum absolute atomic E-state index is 0.152. The summed E-state index contributed by atoms with van der Waals surface area (Å²) in [6.07, 6.45) is 1.52. The first-order valence-corrected chi connectivity index (χ1v) is 7.85. The molecule has 0 aliphatic rings. The summed E-state index contributed by atoms with van der Waals surface area (Å²) in [4.78, 5) is 38.2. The van der Waals surface area contributed by atoms with Crippen molar-refractivity contribution < 1.29 is 14.3 Å². The lowest BCUT2D eigenvalue weighted by atomic mass is 10.4. The molecule has 2 N–H and O–H groups in total. The van der Waals surface area contributed by atoms with Crippen LogP contribution in [0.15, 0.2) is 21.9 Å². The Labute approximate surface area is 140 Å². The van der Waals surface area contributed by atoms with Crippen LogP contribution in [-0.2, 0) is 20.8 Å². The zero-order chi connectivity index (χ0) is 17.8. The molecule has 1 rings (SSSR count). The summed E-state index contributed by atoms with van der Waals surface area (Å²) in [7, 11) is 3.96. The third-order valence-electron chi connectivity index (χ3n) is 3.10. The second kappa shape index (κ2) is 11.5. The highest BCUT2D eigenvalue weighted by Gasteiger charge is 2.03. The van der Waals surface area contributed by atoms with Gasteiger partial charge in [-0.3, -0.25) is 14.6 Å². The Bertz CT molecular complexity index is 596. The van der Waals surface area contributed by atoms with E-state index in [0.29, 0.717) is 33.0 Å². The summed E-state index contributed by atoms with van der Waals surface area (Å²) >= 11 is 0. The molecule has 0 aliphatic carbocycles. The number of amides is 1. The van der Waals surface area contributed by atoms with Crippen molar-refractivity contribution >= 4 is 5.91 Å². The molecule has 0 aromatic carbocycles. The highest BCUT2D eigenvalue weighted by atomic mass is 16.5. The minimum Gasteiger partial charge on any atom is -0.378 e. The second-order valence-electron chi connectivity index (χ2n) is 5.43. The molecule has 1 heterocycles. The summed E-state index contributed by atoms with van der Waals surface area (Å²) in [6.45, 7) is 3.55. The number of carbonyl (C=O) groups is 1. The van der Waals surface area contributed by atoms with Crippen LogP contribution in [0.25, 0.3) is 0 Å². The summed E-state index contributed by atoms with van der Waals surface area (Å²) < 4.78 is 12.0. The van der Waals surface area contributed by atoms with E-state index in [9.17, 15) is 14.4 Å². The third kappa shape index (κ3) is 9.23. The maximum absolute atomic E-state index is 11.6. The lowest BCUT2D eigenvalue weighted by molar-refractivity contribution is -0.121. The van der Waals surface area contributed by atoms with Crippen LogP contribution < -0.4 is 16.6 Å². The van der Waals surface area contributed by atoms with E-state index < -0.39 is 11.2 Å². The number of aromatic nitrogens is 2. The predicted molar refractivity (Wildman–Crippen MR) is 89.1 cm³/mol. The van der Waals surface area contributed by atoms with Crippen LogP contribution in [0.3, 0.4) is 0 Å². The van der Waals surface area contributed by atoms with Gasteiger partial charge >= 0.3 is 5.69 Å². The van der Waals surface area contributed by atoms with Crippen molar-refractivity contribution in [1.29, 1.82) is 0 Å². The molecule has 1 aromatic heterocycles. The summed E-state index contributed by atoms with van der Waals surface area (Å²) in [5.41, 5.74) is -0.976. The molecule has 24 heavy (non-hydrogen) atoms.